The molecule has 1 atom stereocenters. The maximum absolute atomic E-state index is 4.63. The van der Waals surface area contributed by atoms with Crippen LogP contribution in [0.1, 0.15) is 36.2 Å². The Morgan fingerprint density at radius 2 is 2.25 bits per heavy atom. The second kappa shape index (κ2) is 6.46. The van der Waals surface area contributed by atoms with Gasteiger partial charge in [-0.25, -0.2) is 4.98 Å². The summed E-state index contributed by atoms with van der Waals surface area (Å²) in [6.07, 6.45) is 6.64. The van der Waals surface area contributed by atoms with Crippen LogP contribution in [0.15, 0.2) is 29.8 Å². The number of nitrogens with zero attached hydrogens (tertiary/aromatic N) is 2. The van der Waals surface area contributed by atoms with Crippen molar-refractivity contribution < 1.29 is 0 Å². The molecule has 1 aliphatic rings. The van der Waals surface area contributed by atoms with Crippen LogP contribution in [0.3, 0.4) is 0 Å². The summed E-state index contributed by atoms with van der Waals surface area (Å²) >= 11 is 1.77. The first kappa shape index (κ1) is 13.7. The summed E-state index contributed by atoms with van der Waals surface area (Å²) < 4.78 is 0. The number of aryl methyl sites for hydroxylation is 1. The third kappa shape index (κ3) is 3.64. The third-order valence-corrected chi connectivity index (χ3v) is 4.84. The van der Waals surface area contributed by atoms with E-state index >= 15 is 0 Å². The highest BCUT2D eigenvalue weighted by Gasteiger charge is 2.31. The van der Waals surface area contributed by atoms with Crippen molar-refractivity contribution in [3.05, 3.63) is 46.2 Å². The summed E-state index contributed by atoms with van der Waals surface area (Å²) in [6, 6.07) is 6.71. The molecule has 0 aliphatic heterocycles. The fourth-order valence-corrected chi connectivity index (χ4v) is 3.22. The van der Waals surface area contributed by atoms with E-state index in [9.17, 15) is 0 Å². The third-order valence-electron chi connectivity index (χ3n) is 3.79. The smallest absolute Gasteiger partial charge is 0.0926 e. The average Bonchev–Trinajstić information content (AvgIpc) is 3.23. The van der Waals surface area contributed by atoms with Crippen LogP contribution in [0.25, 0.3) is 0 Å². The highest BCUT2D eigenvalue weighted by Crippen LogP contribution is 2.34. The monoisotopic (exact) mass is 287 g/mol. The second-order valence-electron chi connectivity index (χ2n) is 5.44. The van der Waals surface area contributed by atoms with Crippen molar-refractivity contribution in [2.75, 3.05) is 0 Å². The number of hydrogen-bond donors (Lipinski definition) is 1. The Kier molecular flexibility index (Phi) is 4.43. The molecule has 4 heteroatoms. The van der Waals surface area contributed by atoms with Crippen LogP contribution in [0, 0.1) is 5.92 Å². The summed E-state index contributed by atoms with van der Waals surface area (Å²) in [5.74, 6) is 0.821. The summed E-state index contributed by atoms with van der Waals surface area (Å²) in [4.78, 5) is 9.08. The Labute approximate surface area is 124 Å². The summed E-state index contributed by atoms with van der Waals surface area (Å²) in [6.45, 7) is 3.04. The zero-order chi connectivity index (χ0) is 13.8. The zero-order valence-electron chi connectivity index (χ0n) is 11.9. The first-order valence-electron chi connectivity index (χ1n) is 7.41. The number of thiazole rings is 1. The molecule has 2 aromatic rings. The molecule has 0 aromatic carbocycles. The van der Waals surface area contributed by atoms with E-state index in [1.54, 1.807) is 11.3 Å². The van der Waals surface area contributed by atoms with Gasteiger partial charge in [-0.2, -0.15) is 0 Å². The van der Waals surface area contributed by atoms with Gasteiger partial charge < -0.3 is 5.32 Å². The van der Waals surface area contributed by atoms with Crippen molar-refractivity contribution in [1.29, 1.82) is 0 Å². The van der Waals surface area contributed by atoms with Gasteiger partial charge in [-0.15, -0.1) is 11.3 Å². The van der Waals surface area contributed by atoms with Gasteiger partial charge in [0.2, 0.25) is 0 Å². The predicted molar refractivity (Wildman–Crippen MR) is 82.8 cm³/mol. The molecule has 1 saturated carbocycles. The van der Waals surface area contributed by atoms with Gasteiger partial charge in [0, 0.05) is 36.3 Å². The molecule has 1 aliphatic carbocycles. The molecular weight excluding hydrogens is 266 g/mol. The van der Waals surface area contributed by atoms with E-state index in [1.165, 1.54) is 29.2 Å². The Balaban J connectivity index is 1.57. The van der Waals surface area contributed by atoms with Gasteiger partial charge in [-0.05, 0) is 37.3 Å². The molecule has 0 unspecified atom stereocenters. The van der Waals surface area contributed by atoms with E-state index < -0.39 is 0 Å². The Bertz CT molecular complexity index is 534. The molecule has 20 heavy (non-hydrogen) atoms. The molecular formula is C16H21N3S. The van der Waals surface area contributed by atoms with Crippen molar-refractivity contribution in [3.63, 3.8) is 0 Å². The van der Waals surface area contributed by atoms with Crippen LogP contribution in [-0.2, 0) is 19.4 Å². The van der Waals surface area contributed by atoms with Crippen molar-refractivity contribution in [2.45, 2.75) is 45.2 Å². The fourth-order valence-electron chi connectivity index (χ4n) is 2.48. The lowest BCUT2D eigenvalue weighted by Gasteiger charge is -2.17. The highest BCUT2D eigenvalue weighted by molar-refractivity contribution is 7.09. The molecule has 0 saturated heterocycles. The average molecular weight is 287 g/mol. The minimum absolute atomic E-state index is 0.539. The zero-order valence-corrected chi connectivity index (χ0v) is 12.7. The molecule has 2 heterocycles. The lowest BCUT2D eigenvalue weighted by molar-refractivity contribution is 0.452. The van der Waals surface area contributed by atoms with Crippen LogP contribution in [-0.4, -0.2) is 16.0 Å². The Morgan fingerprint density at radius 1 is 1.35 bits per heavy atom. The van der Waals surface area contributed by atoms with E-state index in [1.807, 2.05) is 12.3 Å². The summed E-state index contributed by atoms with van der Waals surface area (Å²) in [7, 11) is 0. The maximum Gasteiger partial charge on any atom is 0.0926 e. The van der Waals surface area contributed by atoms with Gasteiger partial charge in [-0.1, -0.05) is 13.0 Å². The Morgan fingerprint density at radius 3 is 2.90 bits per heavy atom. The quantitative estimate of drug-likeness (QED) is 0.849. The first-order chi connectivity index (χ1) is 9.85. The predicted octanol–water partition coefficient (Wildman–Crippen LogP) is 3.21. The van der Waals surface area contributed by atoms with Crippen molar-refractivity contribution in [1.82, 2.24) is 15.3 Å². The van der Waals surface area contributed by atoms with Gasteiger partial charge in [0.25, 0.3) is 0 Å². The van der Waals surface area contributed by atoms with E-state index in [4.69, 9.17) is 0 Å². The lowest BCUT2D eigenvalue weighted by atomic mass is 10.1. The summed E-state index contributed by atoms with van der Waals surface area (Å²) in [5.41, 5.74) is 2.36. The van der Waals surface area contributed by atoms with Crippen LogP contribution < -0.4 is 5.32 Å². The molecule has 1 N–H and O–H groups in total. The van der Waals surface area contributed by atoms with Crippen LogP contribution in [0.4, 0.5) is 0 Å². The molecule has 106 valence electrons. The lowest BCUT2D eigenvalue weighted by Crippen LogP contribution is -2.33. The van der Waals surface area contributed by atoms with E-state index in [-0.39, 0.29) is 0 Å². The van der Waals surface area contributed by atoms with Crippen molar-refractivity contribution >= 4 is 11.3 Å². The molecule has 0 spiro atoms. The van der Waals surface area contributed by atoms with E-state index in [0.717, 1.165) is 25.3 Å². The Hall–Kier alpha value is -1.26. The minimum atomic E-state index is 0.539. The maximum atomic E-state index is 4.63. The number of hydrogen-bond acceptors (Lipinski definition) is 4. The largest absolute Gasteiger partial charge is 0.308 e. The molecule has 0 amide bonds. The SMILES string of the molecule is CCc1nc(CN[C@@H](Cc2ccccn2)C2CC2)cs1. The first-order valence-corrected chi connectivity index (χ1v) is 8.29. The number of pyridine rings is 1. The van der Waals surface area contributed by atoms with Gasteiger partial charge in [0.15, 0.2) is 0 Å². The van der Waals surface area contributed by atoms with Gasteiger partial charge in [0.05, 0.1) is 10.7 Å². The molecule has 1 fully saturated rings. The fraction of sp³-hybridized carbons (Fsp3) is 0.500. The van der Waals surface area contributed by atoms with E-state index in [0.29, 0.717) is 6.04 Å². The number of rotatable bonds is 7. The number of aromatic nitrogens is 2. The molecule has 3 nitrogen and oxygen atoms in total. The highest BCUT2D eigenvalue weighted by atomic mass is 32.1. The van der Waals surface area contributed by atoms with Crippen LogP contribution in [0.2, 0.25) is 0 Å². The summed E-state index contributed by atoms with van der Waals surface area (Å²) in [5, 5.41) is 7.10. The molecule has 0 radical (unpaired) electrons. The van der Waals surface area contributed by atoms with Crippen LogP contribution in [0.5, 0.6) is 0 Å². The second-order valence-corrected chi connectivity index (χ2v) is 6.38. The molecule has 3 rings (SSSR count). The normalized spacial score (nSPS) is 16.2. The van der Waals surface area contributed by atoms with Crippen molar-refractivity contribution in [2.24, 2.45) is 5.92 Å². The minimum Gasteiger partial charge on any atom is -0.308 e. The van der Waals surface area contributed by atoms with Gasteiger partial charge in [0.1, 0.15) is 0 Å². The van der Waals surface area contributed by atoms with Crippen LogP contribution >= 0.6 is 11.3 Å². The van der Waals surface area contributed by atoms with Crippen molar-refractivity contribution in [3.8, 4) is 0 Å². The number of nitrogens with one attached hydrogen (secondary N) is 1. The topological polar surface area (TPSA) is 37.8 Å². The molecule has 0 bridgehead atoms. The molecule has 2 aromatic heterocycles. The van der Waals surface area contributed by atoms with E-state index in [2.05, 4.69) is 39.7 Å². The van der Waals surface area contributed by atoms with Gasteiger partial charge in [-0.3, -0.25) is 4.98 Å². The van der Waals surface area contributed by atoms with Gasteiger partial charge >= 0.3 is 0 Å². The standard InChI is InChI=1S/C16H21N3S/c1-2-16-19-14(11-20-16)10-18-15(12-6-7-12)9-13-5-3-4-8-17-13/h3-5,8,11-12,15,18H,2,6-7,9-10H2,1H3/t15-/m0/s1.